The minimum absolute atomic E-state index is 0.408. The van der Waals surface area contributed by atoms with Crippen molar-refractivity contribution in [1.29, 1.82) is 0 Å². The molecule has 116 valence electrons. The van der Waals surface area contributed by atoms with E-state index in [0.29, 0.717) is 12.1 Å². The summed E-state index contributed by atoms with van der Waals surface area (Å²) in [6, 6.07) is 7.12. The molecule has 3 unspecified atom stereocenters. The molecule has 3 atom stereocenters. The van der Waals surface area contributed by atoms with Crippen molar-refractivity contribution in [2.24, 2.45) is 11.8 Å². The van der Waals surface area contributed by atoms with Gasteiger partial charge in [0.1, 0.15) is 5.75 Å². The standard InChI is InChI=1S/C19H29NO/c1-13-10-14(2)12-15(11-13)21-19-9-5-6-16-17(19)7-4-8-18(16)20-3/h5-6,9,13-15,18,20H,4,7-8,10-12H2,1-3H3. The lowest BCUT2D eigenvalue weighted by molar-refractivity contribution is 0.0997. The summed E-state index contributed by atoms with van der Waals surface area (Å²) >= 11 is 0. The van der Waals surface area contributed by atoms with E-state index in [9.17, 15) is 0 Å². The molecule has 1 fully saturated rings. The van der Waals surface area contributed by atoms with Crippen molar-refractivity contribution in [1.82, 2.24) is 5.32 Å². The van der Waals surface area contributed by atoms with E-state index in [1.807, 2.05) is 0 Å². The Kier molecular flexibility index (Phi) is 4.54. The maximum atomic E-state index is 6.46. The van der Waals surface area contributed by atoms with Crippen molar-refractivity contribution < 1.29 is 4.74 Å². The highest BCUT2D eigenvalue weighted by molar-refractivity contribution is 5.43. The predicted molar refractivity (Wildman–Crippen MR) is 87.8 cm³/mol. The molecule has 0 amide bonds. The quantitative estimate of drug-likeness (QED) is 0.884. The summed E-state index contributed by atoms with van der Waals surface area (Å²) in [6.07, 6.45) is 7.86. The summed E-state index contributed by atoms with van der Waals surface area (Å²) in [7, 11) is 2.07. The van der Waals surface area contributed by atoms with Crippen LogP contribution in [0.2, 0.25) is 0 Å². The Morgan fingerprint density at radius 2 is 1.86 bits per heavy atom. The average molecular weight is 287 g/mol. The van der Waals surface area contributed by atoms with Gasteiger partial charge in [-0.15, -0.1) is 0 Å². The SMILES string of the molecule is CNC1CCCc2c(OC3CC(C)CC(C)C3)cccc21. The lowest BCUT2D eigenvalue weighted by Crippen LogP contribution is -2.29. The molecule has 21 heavy (non-hydrogen) atoms. The predicted octanol–water partition coefficient (Wildman–Crippen LogP) is 4.49. The Morgan fingerprint density at radius 1 is 1.10 bits per heavy atom. The molecule has 0 bridgehead atoms. The van der Waals surface area contributed by atoms with Gasteiger partial charge in [0.2, 0.25) is 0 Å². The van der Waals surface area contributed by atoms with Crippen LogP contribution in [0.15, 0.2) is 18.2 Å². The Balaban J connectivity index is 1.80. The highest BCUT2D eigenvalue weighted by Gasteiger charge is 2.27. The smallest absolute Gasteiger partial charge is 0.123 e. The zero-order valence-electron chi connectivity index (χ0n) is 13.7. The van der Waals surface area contributed by atoms with Crippen LogP contribution in [0.25, 0.3) is 0 Å². The lowest BCUT2D eigenvalue weighted by atomic mass is 9.81. The van der Waals surface area contributed by atoms with Crippen molar-refractivity contribution in [2.45, 2.75) is 64.5 Å². The Morgan fingerprint density at radius 3 is 2.57 bits per heavy atom. The van der Waals surface area contributed by atoms with Gasteiger partial charge in [-0.3, -0.25) is 0 Å². The number of ether oxygens (including phenoxy) is 1. The monoisotopic (exact) mass is 287 g/mol. The van der Waals surface area contributed by atoms with Crippen LogP contribution in [0.3, 0.4) is 0 Å². The van der Waals surface area contributed by atoms with Crippen molar-refractivity contribution in [2.75, 3.05) is 7.05 Å². The van der Waals surface area contributed by atoms with Crippen LogP contribution in [0, 0.1) is 11.8 Å². The molecule has 0 spiro atoms. The number of benzene rings is 1. The van der Waals surface area contributed by atoms with E-state index in [0.717, 1.165) is 17.6 Å². The molecular weight excluding hydrogens is 258 g/mol. The van der Waals surface area contributed by atoms with E-state index >= 15 is 0 Å². The second-order valence-electron chi connectivity index (χ2n) is 7.21. The van der Waals surface area contributed by atoms with Crippen molar-refractivity contribution in [3.05, 3.63) is 29.3 Å². The summed E-state index contributed by atoms with van der Waals surface area (Å²) in [5.41, 5.74) is 2.91. The van der Waals surface area contributed by atoms with Crippen LogP contribution in [0.1, 0.15) is 63.1 Å². The summed E-state index contributed by atoms with van der Waals surface area (Å²) in [5, 5.41) is 3.45. The lowest BCUT2D eigenvalue weighted by Gasteiger charge is -2.33. The molecule has 1 aromatic rings. The number of nitrogens with one attached hydrogen (secondary N) is 1. The summed E-state index contributed by atoms with van der Waals surface area (Å²) in [6.45, 7) is 4.73. The van der Waals surface area contributed by atoms with Gasteiger partial charge in [-0.25, -0.2) is 0 Å². The van der Waals surface area contributed by atoms with E-state index in [1.54, 1.807) is 0 Å². The van der Waals surface area contributed by atoms with Gasteiger partial charge in [0.25, 0.3) is 0 Å². The van der Waals surface area contributed by atoms with Gasteiger partial charge >= 0.3 is 0 Å². The average Bonchev–Trinajstić information content (AvgIpc) is 2.46. The minimum Gasteiger partial charge on any atom is -0.490 e. The molecule has 0 aromatic heterocycles. The third kappa shape index (κ3) is 3.26. The van der Waals surface area contributed by atoms with Crippen molar-refractivity contribution in [3.8, 4) is 5.75 Å². The molecule has 0 heterocycles. The summed E-state index contributed by atoms with van der Waals surface area (Å²) < 4.78 is 6.46. The molecule has 2 aliphatic rings. The second-order valence-corrected chi connectivity index (χ2v) is 7.21. The fourth-order valence-corrected chi connectivity index (χ4v) is 4.37. The molecule has 1 saturated carbocycles. The van der Waals surface area contributed by atoms with Crippen LogP contribution in [0.4, 0.5) is 0 Å². The molecule has 2 aliphatic carbocycles. The first kappa shape index (κ1) is 14.9. The van der Waals surface area contributed by atoms with Gasteiger partial charge < -0.3 is 10.1 Å². The zero-order chi connectivity index (χ0) is 14.8. The normalized spacial score (nSPS) is 32.5. The van der Waals surface area contributed by atoms with E-state index in [1.165, 1.54) is 49.7 Å². The highest BCUT2D eigenvalue weighted by atomic mass is 16.5. The van der Waals surface area contributed by atoms with Crippen molar-refractivity contribution in [3.63, 3.8) is 0 Å². The molecule has 0 aliphatic heterocycles. The van der Waals surface area contributed by atoms with Gasteiger partial charge in [0.05, 0.1) is 6.10 Å². The van der Waals surface area contributed by atoms with E-state index in [2.05, 4.69) is 44.4 Å². The third-order valence-corrected chi connectivity index (χ3v) is 5.24. The van der Waals surface area contributed by atoms with Crippen LogP contribution in [-0.2, 0) is 6.42 Å². The fourth-order valence-electron chi connectivity index (χ4n) is 4.37. The summed E-state index contributed by atoms with van der Waals surface area (Å²) in [5.74, 6) is 2.74. The van der Waals surface area contributed by atoms with Gasteiger partial charge in [-0.1, -0.05) is 26.0 Å². The van der Waals surface area contributed by atoms with Crippen molar-refractivity contribution >= 4 is 0 Å². The van der Waals surface area contributed by atoms with E-state index in [4.69, 9.17) is 4.74 Å². The van der Waals surface area contributed by atoms with Crippen LogP contribution >= 0.6 is 0 Å². The van der Waals surface area contributed by atoms with Gasteiger partial charge in [0.15, 0.2) is 0 Å². The second kappa shape index (κ2) is 6.39. The zero-order valence-corrected chi connectivity index (χ0v) is 13.7. The summed E-state index contributed by atoms with van der Waals surface area (Å²) in [4.78, 5) is 0. The van der Waals surface area contributed by atoms with Gasteiger partial charge in [0, 0.05) is 6.04 Å². The number of fused-ring (bicyclic) bond motifs is 1. The third-order valence-electron chi connectivity index (χ3n) is 5.24. The molecule has 1 N–H and O–H groups in total. The van der Waals surface area contributed by atoms with Crippen LogP contribution < -0.4 is 10.1 Å². The Bertz CT molecular complexity index is 474. The molecular formula is C19H29NO. The topological polar surface area (TPSA) is 21.3 Å². The first-order valence-electron chi connectivity index (χ1n) is 8.63. The fraction of sp³-hybridized carbons (Fsp3) is 0.684. The Hall–Kier alpha value is -1.02. The Labute approximate surface area is 129 Å². The molecule has 2 nitrogen and oxygen atoms in total. The van der Waals surface area contributed by atoms with Gasteiger partial charge in [-0.2, -0.15) is 0 Å². The first-order valence-corrected chi connectivity index (χ1v) is 8.63. The minimum atomic E-state index is 0.408. The van der Waals surface area contributed by atoms with Crippen LogP contribution in [0.5, 0.6) is 5.75 Å². The number of hydrogen-bond acceptors (Lipinski definition) is 2. The first-order chi connectivity index (χ1) is 10.2. The molecule has 0 saturated heterocycles. The van der Waals surface area contributed by atoms with E-state index in [-0.39, 0.29) is 0 Å². The van der Waals surface area contributed by atoms with E-state index < -0.39 is 0 Å². The number of rotatable bonds is 3. The number of hydrogen-bond donors (Lipinski definition) is 1. The molecule has 0 radical (unpaired) electrons. The van der Waals surface area contributed by atoms with Crippen LogP contribution in [-0.4, -0.2) is 13.2 Å². The largest absolute Gasteiger partial charge is 0.490 e. The maximum absolute atomic E-state index is 6.46. The molecule has 3 rings (SSSR count). The molecule has 2 heteroatoms. The molecule has 1 aromatic carbocycles. The van der Waals surface area contributed by atoms with Gasteiger partial charge in [-0.05, 0) is 74.6 Å². The highest BCUT2D eigenvalue weighted by Crippen LogP contribution is 2.37. The maximum Gasteiger partial charge on any atom is 0.123 e.